The molecule has 0 spiro atoms. The van der Waals surface area contributed by atoms with Gasteiger partial charge in [0.25, 0.3) is 0 Å². The van der Waals surface area contributed by atoms with Crippen molar-refractivity contribution in [2.45, 2.75) is 77.5 Å². The monoisotopic (exact) mass is 445 g/mol. The zero-order valence-electron chi connectivity index (χ0n) is 19.2. The molecule has 3 aliphatic rings. The Morgan fingerprint density at radius 3 is 2.56 bits per heavy atom. The van der Waals surface area contributed by atoms with Gasteiger partial charge in [0.05, 0.1) is 6.10 Å². The lowest BCUT2D eigenvalue weighted by atomic mass is 9.52. The van der Waals surface area contributed by atoms with E-state index in [4.69, 9.17) is 0 Å². The molecule has 32 heavy (non-hydrogen) atoms. The summed E-state index contributed by atoms with van der Waals surface area (Å²) in [5.41, 5.74) is 0.406. The fourth-order valence-corrected chi connectivity index (χ4v) is 6.15. The van der Waals surface area contributed by atoms with Crippen molar-refractivity contribution in [3.8, 4) is 0 Å². The van der Waals surface area contributed by atoms with Crippen LogP contribution in [0.2, 0.25) is 0 Å². The maximum atomic E-state index is 13.4. The van der Waals surface area contributed by atoms with Crippen LogP contribution in [0.1, 0.15) is 59.3 Å². The normalized spacial score (nSPS) is 35.3. The average molecular weight is 446 g/mol. The molecule has 4 N–H and O–H groups in total. The van der Waals surface area contributed by atoms with Gasteiger partial charge in [-0.3, -0.25) is 4.79 Å². The Labute approximate surface area is 189 Å². The van der Waals surface area contributed by atoms with Crippen molar-refractivity contribution in [3.63, 3.8) is 0 Å². The van der Waals surface area contributed by atoms with Crippen LogP contribution < -0.4 is 16.0 Å². The topological polar surface area (TPSA) is 90.5 Å². The number of amides is 3. The third-order valence-electron chi connectivity index (χ3n) is 8.27. The smallest absolute Gasteiger partial charge is 0.319 e. The van der Waals surface area contributed by atoms with Crippen molar-refractivity contribution in [3.05, 3.63) is 30.1 Å². The number of aliphatic hydroxyl groups is 1. The zero-order valence-corrected chi connectivity index (χ0v) is 19.2. The summed E-state index contributed by atoms with van der Waals surface area (Å²) in [5.74, 6) is -0.594. The molecule has 0 saturated heterocycles. The van der Waals surface area contributed by atoms with Crippen molar-refractivity contribution in [2.75, 3.05) is 5.32 Å². The van der Waals surface area contributed by atoms with E-state index in [0.29, 0.717) is 11.7 Å². The van der Waals surface area contributed by atoms with Crippen LogP contribution in [0.5, 0.6) is 0 Å². The number of anilines is 1. The van der Waals surface area contributed by atoms with Crippen LogP contribution >= 0.6 is 0 Å². The fraction of sp³-hybridized carbons (Fsp3) is 0.680. The Morgan fingerprint density at radius 2 is 1.88 bits per heavy atom. The van der Waals surface area contributed by atoms with Crippen molar-refractivity contribution >= 4 is 17.6 Å². The van der Waals surface area contributed by atoms with Gasteiger partial charge >= 0.3 is 6.03 Å². The maximum Gasteiger partial charge on any atom is 0.319 e. The van der Waals surface area contributed by atoms with E-state index in [1.54, 1.807) is 12.1 Å². The number of carbonyl (C=O) groups excluding carboxylic acids is 2. The molecule has 7 heteroatoms. The molecular weight excluding hydrogens is 409 g/mol. The number of fused-ring (bicyclic) bond motifs is 1. The van der Waals surface area contributed by atoms with Gasteiger partial charge < -0.3 is 21.1 Å². The lowest BCUT2D eigenvalue weighted by Crippen LogP contribution is -2.59. The maximum absolute atomic E-state index is 13.4. The van der Waals surface area contributed by atoms with E-state index in [9.17, 15) is 19.1 Å². The fourth-order valence-electron chi connectivity index (χ4n) is 6.15. The van der Waals surface area contributed by atoms with Crippen LogP contribution in [0.4, 0.5) is 14.9 Å². The molecule has 1 aromatic rings. The van der Waals surface area contributed by atoms with Crippen molar-refractivity contribution < 1.29 is 19.1 Å². The van der Waals surface area contributed by atoms with Crippen molar-refractivity contribution in [1.82, 2.24) is 10.6 Å². The second-order valence-electron chi connectivity index (χ2n) is 10.6. The summed E-state index contributed by atoms with van der Waals surface area (Å²) in [6.45, 7) is 6.27. The summed E-state index contributed by atoms with van der Waals surface area (Å²) >= 11 is 0. The molecule has 0 aromatic heterocycles. The van der Waals surface area contributed by atoms with Crippen molar-refractivity contribution in [1.29, 1.82) is 0 Å². The van der Waals surface area contributed by atoms with Gasteiger partial charge in [0.2, 0.25) is 5.91 Å². The zero-order chi connectivity index (χ0) is 23.0. The summed E-state index contributed by atoms with van der Waals surface area (Å²) in [6, 6.07) is 5.67. The lowest BCUT2D eigenvalue weighted by molar-refractivity contribution is -0.142. The number of rotatable bonds is 5. The minimum absolute atomic E-state index is 0.000757. The molecule has 3 aliphatic carbocycles. The van der Waals surface area contributed by atoms with Gasteiger partial charge in [-0.2, -0.15) is 0 Å². The van der Waals surface area contributed by atoms with Crippen LogP contribution in [-0.4, -0.2) is 35.2 Å². The number of hydrogen-bond acceptors (Lipinski definition) is 3. The van der Waals surface area contributed by atoms with E-state index in [2.05, 4.69) is 29.8 Å². The van der Waals surface area contributed by atoms with E-state index in [0.717, 1.165) is 38.5 Å². The third-order valence-corrected chi connectivity index (χ3v) is 8.27. The molecule has 0 bridgehead atoms. The van der Waals surface area contributed by atoms with Crippen LogP contribution in [0.25, 0.3) is 0 Å². The number of carbonyl (C=O) groups is 2. The quantitative estimate of drug-likeness (QED) is 0.551. The number of hydrogen-bond donors (Lipinski definition) is 4. The first kappa shape index (κ1) is 23.0. The standard InChI is InChI=1S/C25H36FN3O3/c1-14(23(31)27-17-7-8-17)19-9-11-25(3)12-10-20(15(2)21(25)22(19)30)29-24(32)28-18-6-4-5-16(26)13-18/h4-6,13-15,17,19-22,30H,7-12H2,1-3H3,(H,27,31)(H2,28,29,32)/t14-,15+,19-,20-,21+,22-,25-/m0/s1. The average Bonchev–Trinajstić information content (AvgIpc) is 3.54. The second kappa shape index (κ2) is 9.00. The van der Waals surface area contributed by atoms with Gasteiger partial charge in [0, 0.05) is 23.7 Å². The number of urea groups is 1. The first-order valence-corrected chi connectivity index (χ1v) is 12.0. The highest BCUT2D eigenvalue weighted by atomic mass is 19.1. The number of benzene rings is 1. The lowest BCUT2D eigenvalue weighted by Gasteiger charge is -2.56. The summed E-state index contributed by atoms with van der Waals surface area (Å²) in [6.07, 6.45) is 5.09. The van der Waals surface area contributed by atoms with Crippen LogP contribution in [-0.2, 0) is 4.79 Å². The molecule has 6 nitrogen and oxygen atoms in total. The Bertz CT molecular complexity index is 861. The molecular formula is C25H36FN3O3. The largest absolute Gasteiger partial charge is 0.392 e. The SMILES string of the molecule is C[C@H]1[C@@H]2[C@@H](O)[C@H]([C@H](C)C(=O)NC3CC3)CC[C@@]2(C)CC[C@@H]1NC(=O)Nc1cccc(F)c1. The van der Waals surface area contributed by atoms with Crippen LogP contribution in [0, 0.1) is 34.9 Å². The summed E-state index contributed by atoms with van der Waals surface area (Å²) in [5, 5.41) is 20.3. The van der Waals surface area contributed by atoms with E-state index >= 15 is 0 Å². The predicted octanol–water partition coefficient (Wildman–Crippen LogP) is 4.05. The molecule has 3 saturated carbocycles. The van der Waals surface area contributed by atoms with Gasteiger partial charge in [0.15, 0.2) is 0 Å². The Morgan fingerprint density at radius 1 is 1.16 bits per heavy atom. The molecule has 3 amide bonds. The van der Waals surface area contributed by atoms with Crippen molar-refractivity contribution in [2.24, 2.45) is 29.1 Å². The highest BCUT2D eigenvalue weighted by molar-refractivity contribution is 5.89. The molecule has 176 valence electrons. The van der Waals surface area contributed by atoms with E-state index in [-0.39, 0.29) is 47.1 Å². The van der Waals surface area contributed by atoms with Crippen LogP contribution in [0.15, 0.2) is 24.3 Å². The minimum atomic E-state index is -0.584. The number of halogens is 1. The Kier molecular flexibility index (Phi) is 6.48. The molecule has 0 aliphatic heterocycles. The van der Waals surface area contributed by atoms with E-state index in [1.807, 2.05) is 6.92 Å². The molecule has 1 aromatic carbocycles. The third kappa shape index (κ3) is 4.77. The molecule has 3 fully saturated rings. The second-order valence-corrected chi connectivity index (χ2v) is 10.6. The molecule has 0 heterocycles. The molecule has 7 atom stereocenters. The minimum Gasteiger partial charge on any atom is -0.392 e. The van der Waals surface area contributed by atoms with Gasteiger partial charge in [-0.25, -0.2) is 9.18 Å². The molecule has 4 rings (SSSR count). The highest BCUT2D eigenvalue weighted by Crippen LogP contribution is 2.55. The van der Waals surface area contributed by atoms with E-state index in [1.165, 1.54) is 12.1 Å². The predicted molar refractivity (Wildman–Crippen MR) is 121 cm³/mol. The summed E-state index contributed by atoms with van der Waals surface area (Å²) < 4.78 is 13.4. The van der Waals surface area contributed by atoms with Gasteiger partial charge in [-0.05, 0) is 79.9 Å². The highest BCUT2D eigenvalue weighted by Gasteiger charge is 2.54. The summed E-state index contributed by atoms with van der Waals surface area (Å²) in [7, 11) is 0. The Balaban J connectivity index is 1.42. The van der Waals surface area contributed by atoms with Gasteiger partial charge in [-0.15, -0.1) is 0 Å². The number of aliphatic hydroxyl groups excluding tert-OH is 1. The van der Waals surface area contributed by atoms with Gasteiger partial charge in [-0.1, -0.05) is 26.8 Å². The summed E-state index contributed by atoms with van der Waals surface area (Å²) in [4.78, 5) is 25.2. The molecule has 0 radical (unpaired) electrons. The van der Waals surface area contributed by atoms with Crippen LogP contribution in [0.3, 0.4) is 0 Å². The Hall–Kier alpha value is -2.15. The first-order chi connectivity index (χ1) is 15.2. The van der Waals surface area contributed by atoms with Gasteiger partial charge in [0.1, 0.15) is 5.82 Å². The first-order valence-electron chi connectivity index (χ1n) is 12.0. The van der Waals surface area contributed by atoms with E-state index < -0.39 is 11.9 Å². The number of nitrogens with one attached hydrogen (secondary N) is 3. The molecule has 0 unspecified atom stereocenters.